The topological polar surface area (TPSA) is 81.1 Å². The number of nitrogens with zero attached hydrogens (tertiary/aromatic N) is 2. The highest BCUT2D eigenvalue weighted by molar-refractivity contribution is 5.68. The molecule has 0 aliphatic rings. The Morgan fingerprint density at radius 3 is 2.79 bits per heavy atom. The largest absolute Gasteiger partial charge is 0.481 e. The Balaban J connectivity index is 2.88. The van der Waals surface area contributed by atoms with Gasteiger partial charge in [-0.3, -0.25) is 9.48 Å². The van der Waals surface area contributed by atoms with Crippen molar-refractivity contribution in [2.75, 3.05) is 0 Å². The summed E-state index contributed by atoms with van der Waals surface area (Å²) >= 11 is 0. The molecule has 0 saturated heterocycles. The van der Waals surface area contributed by atoms with Crippen LogP contribution < -0.4 is 5.73 Å². The fraction of sp³-hybridized carbons (Fsp3) is 0.556. The number of hydrogen-bond acceptors (Lipinski definition) is 3. The van der Waals surface area contributed by atoms with Crippen LogP contribution in [0.5, 0.6) is 0 Å². The van der Waals surface area contributed by atoms with E-state index in [1.807, 2.05) is 0 Å². The van der Waals surface area contributed by atoms with Crippen LogP contribution in [0, 0.1) is 0 Å². The Morgan fingerprint density at radius 1 is 1.79 bits per heavy atom. The van der Waals surface area contributed by atoms with Crippen LogP contribution in [-0.4, -0.2) is 26.9 Å². The second-order valence-electron chi connectivity index (χ2n) is 3.44. The van der Waals surface area contributed by atoms with Gasteiger partial charge in [-0.1, -0.05) is 0 Å². The molecule has 0 bridgehead atoms. The van der Waals surface area contributed by atoms with Crippen molar-refractivity contribution in [2.45, 2.75) is 25.3 Å². The van der Waals surface area contributed by atoms with Gasteiger partial charge in [0.1, 0.15) is 0 Å². The molecule has 5 nitrogen and oxygen atoms in total. The lowest BCUT2D eigenvalue weighted by molar-refractivity contribution is -0.137. The average Bonchev–Trinajstić information content (AvgIpc) is 2.46. The summed E-state index contributed by atoms with van der Waals surface area (Å²) in [5.41, 5.74) is 6.60. The first kappa shape index (κ1) is 10.7. The zero-order valence-electron chi connectivity index (χ0n) is 8.34. The third kappa shape index (κ3) is 2.32. The second kappa shape index (κ2) is 4.23. The Hall–Kier alpha value is -1.36. The van der Waals surface area contributed by atoms with Crippen molar-refractivity contribution in [2.24, 2.45) is 12.8 Å². The maximum absolute atomic E-state index is 10.6. The van der Waals surface area contributed by atoms with Crippen molar-refractivity contribution in [3.05, 3.63) is 18.0 Å². The van der Waals surface area contributed by atoms with Gasteiger partial charge in [-0.2, -0.15) is 5.10 Å². The van der Waals surface area contributed by atoms with Gasteiger partial charge >= 0.3 is 5.97 Å². The number of carboxylic acids is 1. The van der Waals surface area contributed by atoms with Crippen LogP contribution >= 0.6 is 0 Å². The number of carboxylic acid groups (broad SMARTS) is 1. The summed E-state index contributed by atoms with van der Waals surface area (Å²) in [6.45, 7) is 1.81. The van der Waals surface area contributed by atoms with Gasteiger partial charge in [-0.05, 0) is 13.0 Å². The molecular formula is C9H15N3O2. The Kier molecular flexibility index (Phi) is 3.24. The summed E-state index contributed by atoms with van der Waals surface area (Å²) in [5.74, 6) is -1.02. The van der Waals surface area contributed by atoms with E-state index in [4.69, 9.17) is 10.8 Å². The van der Waals surface area contributed by atoms with Crippen molar-refractivity contribution < 1.29 is 9.90 Å². The molecule has 1 aromatic rings. The van der Waals surface area contributed by atoms with E-state index in [9.17, 15) is 4.79 Å². The Labute approximate surface area is 82.5 Å². The summed E-state index contributed by atoms with van der Waals surface area (Å²) in [7, 11) is 1.78. The highest BCUT2D eigenvalue weighted by atomic mass is 16.4. The highest BCUT2D eigenvalue weighted by Crippen LogP contribution is 2.21. The molecule has 0 saturated carbocycles. The van der Waals surface area contributed by atoms with Gasteiger partial charge in [-0.25, -0.2) is 0 Å². The molecule has 0 aliphatic heterocycles. The molecule has 2 unspecified atom stereocenters. The minimum Gasteiger partial charge on any atom is -0.481 e. The zero-order valence-corrected chi connectivity index (χ0v) is 8.34. The molecule has 0 aromatic carbocycles. The Morgan fingerprint density at radius 2 is 2.43 bits per heavy atom. The van der Waals surface area contributed by atoms with Crippen molar-refractivity contribution in [3.63, 3.8) is 0 Å². The summed E-state index contributed by atoms with van der Waals surface area (Å²) < 4.78 is 1.66. The van der Waals surface area contributed by atoms with Gasteiger partial charge < -0.3 is 10.8 Å². The number of aromatic nitrogens is 2. The van der Waals surface area contributed by atoms with Crippen molar-refractivity contribution >= 4 is 5.97 Å². The van der Waals surface area contributed by atoms with Crippen LogP contribution in [0.2, 0.25) is 0 Å². The quantitative estimate of drug-likeness (QED) is 0.728. The molecular weight excluding hydrogens is 182 g/mol. The van der Waals surface area contributed by atoms with Gasteiger partial charge in [0.2, 0.25) is 0 Å². The SMILES string of the molecule is CC(N)C(CC(=O)O)c1ccnn1C. The lowest BCUT2D eigenvalue weighted by Gasteiger charge is -2.18. The van der Waals surface area contributed by atoms with E-state index in [1.165, 1.54) is 0 Å². The third-order valence-electron chi connectivity index (χ3n) is 2.27. The molecule has 1 heterocycles. The maximum Gasteiger partial charge on any atom is 0.304 e. The van der Waals surface area contributed by atoms with E-state index in [0.29, 0.717) is 0 Å². The predicted octanol–water partition coefficient (Wildman–Crippen LogP) is 0.326. The molecule has 0 amide bonds. The highest BCUT2D eigenvalue weighted by Gasteiger charge is 2.22. The van der Waals surface area contributed by atoms with Crippen LogP contribution in [0.3, 0.4) is 0 Å². The molecule has 1 rings (SSSR count). The van der Waals surface area contributed by atoms with Gasteiger partial charge in [-0.15, -0.1) is 0 Å². The summed E-state index contributed by atoms with van der Waals surface area (Å²) in [6.07, 6.45) is 1.68. The second-order valence-corrected chi connectivity index (χ2v) is 3.44. The zero-order chi connectivity index (χ0) is 10.7. The molecule has 3 N–H and O–H groups in total. The normalized spacial score (nSPS) is 15.1. The number of aryl methyl sites for hydroxylation is 1. The number of carbonyl (C=O) groups is 1. The first-order valence-electron chi connectivity index (χ1n) is 4.47. The first-order chi connectivity index (χ1) is 6.52. The minimum absolute atomic E-state index is 0.0389. The van der Waals surface area contributed by atoms with E-state index in [1.54, 1.807) is 30.9 Å². The van der Waals surface area contributed by atoms with Crippen molar-refractivity contribution in [1.82, 2.24) is 9.78 Å². The number of nitrogens with two attached hydrogens (primary N) is 1. The van der Waals surface area contributed by atoms with Crippen molar-refractivity contribution in [3.8, 4) is 0 Å². The van der Waals surface area contributed by atoms with Crippen molar-refractivity contribution in [1.29, 1.82) is 0 Å². The fourth-order valence-corrected chi connectivity index (χ4v) is 1.50. The number of aliphatic carboxylic acids is 1. The molecule has 0 radical (unpaired) electrons. The van der Waals surface area contributed by atoms with Gasteiger partial charge in [0.05, 0.1) is 6.42 Å². The first-order valence-corrected chi connectivity index (χ1v) is 4.47. The van der Waals surface area contributed by atoms with Crippen LogP contribution in [-0.2, 0) is 11.8 Å². The lowest BCUT2D eigenvalue weighted by Crippen LogP contribution is -2.28. The molecule has 78 valence electrons. The standard InChI is InChI=1S/C9H15N3O2/c1-6(10)7(5-9(13)14)8-3-4-11-12(8)2/h3-4,6-7H,5,10H2,1-2H3,(H,13,14). The Bertz CT molecular complexity index is 320. The molecule has 0 spiro atoms. The summed E-state index contributed by atoms with van der Waals surface area (Å²) in [6, 6.07) is 1.61. The van der Waals surface area contributed by atoms with Crippen LogP contribution in [0.15, 0.2) is 12.3 Å². The average molecular weight is 197 g/mol. The predicted molar refractivity (Wildman–Crippen MR) is 51.9 cm³/mol. The smallest absolute Gasteiger partial charge is 0.304 e. The van der Waals surface area contributed by atoms with Crippen LogP contribution in [0.4, 0.5) is 0 Å². The van der Waals surface area contributed by atoms with E-state index in [2.05, 4.69) is 5.10 Å². The molecule has 14 heavy (non-hydrogen) atoms. The van der Waals surface area contributed by atoms with Gasteiger partial charge in [0, 0.05) is 30.9 Å². The van der Waals surface area contributed by atoms with E-state index in [0.717, 1.165) is 5.69 Å². The number of hydrogen-bond donors (Lipinski definition) is 2. The molecule has 0 aliphatic carbocycles. The minimum atomic E-state index is -0.839. The fourth-order valence-electron chi connectivity index (χ4n) is 1.50. The van der Waals surface area contributed by atoms with E-state index < -0.39 is 5.97 Å². The third-order valence-corrected chi connectivity index (χ3v) is 2.27. The number of rotatable bonds is 4. The lowest BCUT2D eigenvalue weighted by atomic mass is 9.94. The van der Waals surface area contributed by atoms with Crippen LogP contribution in [0.25, 0.3) is 0 Å². The summed E-state index contributed by atoms with van der Waals surface area (Å²) in [4.78, 5) is 10.6. The summed E-state index contributed by atoms with van der Waals surface area (Å²) in [5, 5.41) is 12.7. The van der Waals surface area contributed by atoms with Gasteiger partial charge in [0.15, 0.2) is 0 Å². The molecule has 0 fully saturated rings. The molecule has 1 aromatic heterocycles. The van der Waals surface area contributed by atoms with E-state index in [-0.39, 0.29) is 18.4 Å². The molecule has 2 atom stereocenters. The molecule has 5 heteroatoms. The van der Waals surface area contributed by atoms with E-state index >= 15 is 0 Å². The monoisotopic (exact) mass is 197 g/mol. The van der Waals surface area contributed by atoms with Gasteiger partial charge in [0.25, 0.3) is 0 Å². The maximum atomic E-state index is 10.6. The van der Waals surface area contributed by atoms with Crippen LogP contribution in [0.1, 0.15) is 25.0 Å².